The Morgan fingerprint density at radius 2 is 1.96 bits per heavy atom. The molecule has 0 radical (unpaired) electrons. The summed E-state index contributed by atoms with van der Waals surface area (Å²) in [6.45, 7) is 5.83. The van der Waals surface area contributed by atoms with Gasteiger partial charge in [-0.1, -0.05) is 19.1 Å². The largest absolute Gasteiger partial charge is 0.307 e. The predicted octanol–water partition coefficient (Wildman–Crippen LogP) is 4.52. The van der Waals surface area contributed by atoms with Crippen LogP contribution in [0.4, 0.5) is 5.82 Å². The molecule has 1 N–H and O–H groups in total. The number of carbonyl (C=O) groups is 2. The van der Waals surface area contributed by atoms with Crippen LogP contribution in [0.5, 0.6) is 0 Å². The van der Waals surface area contributed by atoms with Gasteiger partial charge in [0.05, 0.1) is 5.92 Å². The van der Waals surface area contributed by atoms with Gasteiger partial charge in [0.2, 0.25) is 0 Å². The minimum absolute atomic E-state index is 0.183. The van der Waals surface area contributed by atoms with Gasteiger partial charge in [-0.25, -0.2) is 4.98 Å². The Kier molecular flexibility index (Phi) is 4.98. The number of nitrogens with zero attached hydrogens (tertiary/aromatic N) is 2. The van der Waals surface area contributed by atoms with Crippen molar-refractivity contribution < 1.29 is 9.59 Å². The number of carbonyl (C=O) groups excluding carboxylic acids is 2. The number of aromatic nitrogens is 1. The number of rotatable bonds is 3. The summed E-state index contributed by atoms with van der Waals surface area (Å²) in [4.78, 5) is 36.4. The molecule has 0 aromatic carbocycles. The van der Waals surface area contributed by atoms with Crippen molar-refractivity contribution in [2.24, 2.45) is 16.8 Å². The van der Waals surface area contributed by atoms with Gasteiger partial charge < -0.3 is 5.32 Å². The number of allylic oxidation sites excluding steroid dienone is 1. The van der Waals surface area contributed by atoms with Gasteiger partial charge in [0.1, 0.15) is 11.6 Å². The fraction of sp³-hybridized carbons (Fsp3) is 0.364. The Morgan fingerprint density at radius 1 is 1.14 bits per heavy atom. The molecule has 1 saturated carbocycles. The first-order valence-corrected chi connectivity index (χ1v) is 10.4. The molecular weight excluding hydrogens is 370 g/mol. The van der Waals surface area contributed by atoms with E-state index >= 15 is 0 Å². The van der Waals surface area contributed by atoms with Crippen LogP contribution in [-0.4, -0.2) is 22.4 Å². The first-order chi connectivity index (χ1) is 13.4. The van der Waals surface area contributed by atoms with Gasteiger partial charge in [-0.2, -0.15) is 0 Å². The highest BCUT2D eigenvalue weighted by molar-refractivity contribution is 7.10. The second kappa shape index (κ2) is 7.43. The van der Waals surface area contributed by atoms with Crippen LogP contribution in [0.15, 0.2) is 52.0 Å². The Labute approximate surface area is 168 Å². The molecule has 5 nitrogen and oxygen atoms in total. The summed E-state index contributed by atoms with van der Waals surface area (Å²) >= 11 is 1.58. The summed E-state index contributed by atoms with van der Waals surface area (Å²) in [6, 6.07) is 9.49. The molecule has 4 rings (SSSR count). The zero-order chi connectivity index (χ0) is 19.8. The van der Waals surface area contributed by atoms with Crippen molar-refractivity contribution in [2.45, 2.75) is 39.5 Å². The molecule has 144 valence electrons. The number of hydrogen-bond donors (Lipinski definition) is 1. The molecule has 1 aliphatic heterocycles. The maximum Gasteiger partial charge on any atom is 0.255 e. The molecule has 1 amide bonds. The second-order valence-electron chi connectivity index (χ2n) is 7.67. The van der Waals surface area contributed by atoms with Crippen LogP contribution in [0.1, 0.15) is 43.2 Å². The molecule has 2 aromatic rings. The molecular formula is C22H23N3O2S. The van der Waals surface area contributed by atoms with Crippen molar-refractivity contribution in [3.8, 4) is 0 Å². The van der Waals surface area contributed by atoms with E-state index in [0.29, 0.717) is 29.4 Å². The van der Waals surface area contributed by atoms with E-state index in [1.54, 1.807) is 17.4 Å². The second-order valence-corrected chi connectivity index (χ2v) is 8.65. The molecule has 1 aliphatic carbocycles. The monoisotopic (exact) mass is 393 g/mol. The SMILES string of the molecule is CC1=C(C(=O)Nc2cccc(C)n2)[C@@H](c2cccs2)[C@@H]2C(=O)C[C@@H](C)CC2=N1. The summed E-state index contributed by atoms with van der Waals surface area (Å²) < 4.78 is 0. The lowest BCUT2D eigenvalue weighted by molar-refractivity contribution is -0.123. The van der Waals surface area contributed by atoms with E-state index < -0.39 is 0 Å². The van der Waals surface area contributed by atoms with Crippen molar-refractivity contribution in [1.82, 2.24) is 4.98 Å². The number of fused-ring (bicyclic) bond motifs is 1. The lowest BCUT2D eigenvalue weighted by Crippen LogP contribution is -2.41. The number of thiophene rings is 1. The van der Waals surface area contributed by atoms with Gasteiger partial charge in [0.25, 0.3) is 5.91 Å². The van der Waals surface area contributed by atoms with Gasteiger partial charge in [-0.3, -0.25) is 14.6 Å². The molecule has 0 saturated heterocycles. The van der Waals surface area contributed by atoms with Gasteiger partial charge in [-0.15, -0.1) is 11.3 Å². The minimum atomic E-state index is -0.343. The van der Waals surface area contributed by atoms with E-state index in [1.165, 1.54) is 0 Å². The molecule has 0 bridgehead atoms. The molecule has 6 heteroatoms. The Balaban J connectivity index is 1.77. The van der Waals surface area contributed by atoms with Gasteiger partial charge in [0.15, 0.2) is 0 Å². The molecule has 0 spiro atoms. The smallest absolute Gasteiger partial charge is 0.255 e. The van der Waals surface area contributed by atoms with Crippen LogP contribution in [0.25, 0.3) is 0 Å². The van der Waals surface area contributed by atoms with Crippen molar-refractivity contribution in [2.75, 3.05) is 5.32 Å². The van der Waals surface area contributed by atoms with E-state index in [4.69, 9.17) is 4.99 Å². The summed E-state index contributed by atoms with van der Waals surface area (Å²) in [5.74, 6) is 0.132. The Morgan fingerprint density at radius 3 is 2.68 bits per heavy atom. The fourth-order valence-electron chi connectivity index (χ4n) is 4.25. The number of Topliss-reactive ketones (excluding diaryl/α,β-unsaturated/α-hetero) is 1. The maximum atomic E-state index is 13.3. The number of aliphatic imine (C=N–C) groups is 1. The van der Waals surface area contributed by atoms with Crippen LogP contribution >= 0.6 is 11.3 Å². The molecule has 28 heavy (non-hydrogen) atoms. The van der Waals surface area contributed by atoms with Crippen molar-refractivity contribution in [3.05, 3.63) is 57.6 Å². The lowest BCUT2D eigenvalue weighted by Gasteiger charge is -2.37. The zero-order valence-corrected chi connectivity index (χ0v) is 17.0. The standard InChI is InChI=1S/C22H23N3O2S/c1-12-10-15-20(16(26)11-12)21(17-7-5-9-28-17)19(14(3)24-15)22(27)25-18-8-4-6-13(2)23-18/h4-9,12,20-21H,10-11H2,1-3H3,(H,23,25,27)/t12-,20-,21+/m0/s1. The van der Waals surface area contributed by atoms with Crippen molar-refractivity contribution in [3.63, 3.8) is 0 Å². The summed E-state index contributed by atoms with van der Waals surface area (Å²) in [7, 11) is 0. The molecule has 2 aliphatic rings. The van der Waals surface area contributed by atoms with Crippen LogP contribution < -0.4 is 5.32 Å². The number of anilines is 1. The molecule has 0 unspecified atom stereocenters. The molecule has 3 atom stereocenters. The number of hydrogen-bond acceptors (Lipinski definition) is 5. The van der Waals surface area contributed by atoms with Crippen LogP contribution in [-0.2, 0) is 9.59 Å². The minimum Gasteiger partial charge on any atom is -0.307 e. The van der Waals surface area contributed by atoms with Crippen molar-refractivity contribution in [1.29, 1.82) is 0 Å². The number of ketones is 1. The topological polar surface area (TPSA) is 71.4 Å². The Bertz CT molecular complexity index is 991. The number of amides is 1. The predicted molar refractivity (Wildman–Crippen MR) is 112 cm³/mol. The van der Waals surface area contributed by atoms with Gasteiger partial charge in [0, 0.05) is 39.9 Å². The number of nitrogens with one attached hydrogen (secondary N) is 1. The fourth-order valence-corrected chi connectivity index (χ4v) is 5.12. The summed E-state index contributed by atoms with van der Waals surface area (Å²) in [5.41, 5.74) is 3.02. The first-order valence-electron chi connectivity index (χ1n) is 9.53. The van der Waals surface area contributed by atoms with E-state index in [0.717, 1.165) is 22.7 Å². The summed E-state index contributed by atoms with van der Waals surface area (Å²) in [5, 5.41) is 4.90. The zero-order valence-electron chi connectivity index (χ0n) is 16.2. The van der Waals surface area contributed by atoms with Crippen LogP contribution in [0.2, 0.25) is 0 Å². The average Bonchev–Trinajstić information content (AvgIpc) is 3.14. The average molecular weight is 394 g/mol. The highest BCUT2D eigenvalue weighted by atomic mass is 32.1. The number of pyridine rings is 1. The van der Waals surface area contributed by atoms with Gasteiger partial charge in [-0.05, 0) is 49.8 Å². The van der Waals surface area contributed by atoms with Gasteiger partial charge >= 0.3 is 0 Å². The van der Waals surface area contributed by atoms with Crippen LogP contribution in [0, 0.1) is 18.8 Å². The number of aryl methyl sites for hydroxylation is 1. The first kappa shape index (κ1) is 18.7. The summed E-state index contributed by atoms with van der Waals surface area (Å²) in [6.07, 6.45) is 1.35. The Hall–Kier alpha value is -2.60. The van der Waals surface area contributed by atoms with E-state index in [2.05, 4.69) is 17.2 Å². The third kappa shape index (κ3) is 3.44. The lowest BCUT2D eigenvalue weighted by atomic mass is 9.69. The molecule has 1 fully saturated rings. The van der Waals surface area contributed by atoms with E-state index in [9.17, 15) is 9.59 Å². The normalized spacial score (nSPS) is 24.6. The highest BCUT2D eigenvalue weighted by Crippen LogP contribution is 2.45. The third-order valence-corrected chi connectivity index (χ3v) is 6.34. The highest BCUT2D eigenvalue weighted by Gasteiger charge is 2.45. The van der Waals surface area contributed by atoms with E-state index in [1.807, 2.05) is 43.5 Å². The molecule has 3 heterocycles. The van der Waals surface area contributed by atoms with E-state index in [-0.39, 0.29) is 23.5 Å². The molecule has 2 aromatic heterocycles. The quantitative estimate of drug-likeness (QED) is 0.833. The van der Waals surface area contributed by atoms with Crippen LogP contribution in [0.3, 0.4) is 0 Å². The van der Waals surface area contributed by atoms with Crippen molar-refractivity contribution >= 4 is 34.6 Å². The third-order valence-electron chi connectivity index (χ3n) is 5.38. The maximum absolute atomic E-state index is 13.3.